The maximum absolute atomic E-state index is 6.81. The monoisotopic (exact) mass is 521 g/mol. The number of rotatable bonds is 9. The van der Waals surface area contributed by atoms with Gasteiger partial charge in [-0.3, -0.25) is 4.90 Å². The maximum atomic E-state index is 6.81. The van der Waals surface area contributed by atoms with E-state index < -0.39 is 0 Å². The number of benzene rings is 3. The molecule has 0 aromatic heterocycles. The lowest BCUT2D eigenvalue weighted by Gasteiger charge is -2.41. The zero-order chi connectivity index (χ0) is 27.0. The first-order chi connectivity index (χ1) is 18.5. The fourth-order valence-corrected chi connectivity index (χ4v) is 5.72. The second kappa shape index (κ2) is 10.6. The highest BCUT2D eigenvalue weighted by Gasteiger charge is 2.39. The molecule has 1 unspecified atom stereocenters. The van der Waals surface area contributed by atoms with E-state index in [9.17, 15) is 0 Å². The Kier molecular flexibility index (Phi) is 7.27. The zero-order valence-electron chi connectivity index (χ0n) is 23.1. The Morgan fingerprint density at radius 1 is 0.711 bits per heavy atom. The van der Waals surface area contributed by atoms with Crippen molar-refractivity contribution in [3.8, 4) is 51.4 Å². The summed E-state index contributed by atoms with van der Waals surface area (Å²) in [5.74, 6) is 4.37. The average Bonchev–Trinajstić information content (AvgIpc) is 2.95. The summed E-state index contributed by atoms with van der Waals surface area (Å²) in [6.45, 7) is 1.30. The van der Waals surface area contributed by atoms with Gasteiger partial charge in [-0.05, 0) is 54.8 Å². The van der Waals surface area contributed by atoms with Gasteiger partial charge in [0, 0.05) is 42.5 Å². The van der Waals surface area contributed by atoms with Crippen molar-refractivity contribution in [3.63, 3.8) is 0 Å². The third-order valence-electron chi connectivity index (χ3n) is 7.56. The normalized spacial score (nSPS) is 15.8. The summed E-state index contributed by atoms with van der Waals surface area (Å²) in [5, 5.41) is 0. The fraction of sp³-hybridized carbons (Fsp3) is 0.400. The van der Waals surface area contributed by atoms with Crippen LogP contribution in [-0.4, -0.2) is 61.2 Å². The Labute approximate surface area is 223 Å². The van der Waals surface area contributed by atoms with Crippen LogP contribution in [0.1, 0.15) is 28.3 Å². The highest BCUT2D eigenvalue weighted by Crippen LogP contribution is 2.57. The Morgan fingerprint density at radius 2 is 1.42 bits per heavy atom. The topological polar surface area (TPSA) is 67.9 Å². The summed E-state index contributed by atoms with van der Waals surface area (Å²) in [6, 6.07) is 10.1. The van der Waals surface area contributed by atoms with Crippen LogP contribution in [0.3, 0.4) is 0 Å². The average molecular weight is 522 g/mol. The first kappa shape index (κ1) is 26.0. The Morgan fingerprint density at radius 3 is 2.08 bits per heavy atom. The van der Waals surface area contributed by atoms with Gasteiger partial charge in [0.1, 0.15) is 5.75 Å². The molecule has 0 amide bonds. The van der Waals surface area contributed by atoms with Crippen molar-refractivity contribution in [2.24, 2.45) is 0 Å². The van der Waals surface area contributed by atoms with Gasteiger partial charge in [-0.15, -0.1) is 0 Å². The molecule has 1 atom stereocenters. The summed E-state index contributed by atoms with van der Waals surface area (Å²) in [5.41, 5.74) is 6.42. The van der Waals surface area contributed by atoms with E-state index in [0.29, 0.717) is 46.9 Å². The summed E-state index contributed by atoms with van der Waals surface area (Å²) in [6.07, 6.45) is 1.78. The molecule has 1 aliphatic heterocycles. The van der Waals surface area contributed by atoms with Gasteiger partial charge in [-0.25, -0.2) is 0 Å². The number of ether oxygens (including phenoxy) is 7. The molecule has 0 fully saturated rings. The van der Waals surface area contributed by atoms with E-state index in [2.05, 4.69) is 24.1 Å². The van der Waals surface area contributed by atoms with E-state index in [4.69, 9.17) is 33.2 Å². The third kappa shape index (κ3) is 4.18. The van der Waals surface area contributed by atoms with Gasteiger partial charge in [-0.2, -0.15) is 0 Å². The van der Waals surface area contributed by atoms with Gasteiger partial charge in [0.25, 0.3) is 0 Å². The lowest BCUT2D eigenvalue weighted by Crippen LogP contribution is -2.35. The quantitative estimate of drug-likeness (QED) is 0.370. The molecule has 0 bridgehead atoms. The molecule has 202 valence electrons. The van der Waals surface area contributed by atoms with Crippen molar-refractivity contribution in [1.29, 1.82) is 0 Å². The van der Waals surface area contributed by atoms with Gasteiger partial charge in [0.15, 0.2) is 34.5 Å². The maximum Gasteiger partial charge on any atom is 0.177 e. The number of hydrogen-bond donors (Lipinski definition) is 0. The molecule has 3 aromatic carbocycles. The minimum absolute atomic E-state index is 0.205. The Hall–Kier alpha value is -3.62. The molecule has 8 nitrogen and oxygen atoms in total. The Balaban J connectivity index is 1.82. The molecule has 38 heavy (non-hydrogen) atoms. The highest BCUT2D eigenvalue weighted by atomic mass is 16.5. The van der Waals surface area contributed by atoms with Crippen LogP contribution in [0.2, 0.25) is 0 Å². The van der Waals surface area contributed by atoms with Crippen LogP contribution in [0.5, 0.6) is 40.2 Å². The largest absolute Gasteiger partial charge is 0.493 e. The molecule has 3 aromatic rings. The molecule has 0 radical (unpaired) electrons. The molecular weight excluding hydrogens is 486 g/mol. The van der Waals surface area contributed by atoms with Crippen LogP contribution in [-0.2, 0) is 24.2 Å². The summed E-state index contributed by atoms with van der Waals surface area (Å²) in [7, 11) is 12.0. The van der Waals surface area contributed by atoms with Crippen LogP contribution >= 0.6 is 0 Å². The van der Waals surface area contributed by atoms with Crippen molar-refractivity contribution in [3.05, 3.63) is 52.6 Å². The molecule has 8 heteroatoms. The number of likely N-dealkylation sites (N-methyl/N-ethyl adjacent to an activating group) is 1. The Bertz CT molecular complexity index is 1350. The predicted octanol–water partition coefficient (Wildman–Crippen LogP) is 5.42. The van der Waals surface area contributed by atoms with E-state index >= 15 is 0 Å². The van der Waals surface area contributed by atoms with Crippen molar-refractivity contribution < 1.29 is 33.2 Å². The smallest absolute Gasteiger partial charge is 0.177 e. The molecule has 1 aliphatic carbocycles. The van der Waals surface area contributed by atoms with Crippen molar-refractivity contribution in [2.75, 3.05) is 56.3 Å². The minimum Gasteiger partial charge on any atom is -0.493 e. The second-order valence-electron chi connectivity index (χ2n) is 9.49. The molecule has 0 spiro atoms. The SMILES string of the molecule is COCc1cc(OC)c(OC)cc1Oc1c(OC)cc2c3c1-c1c(ccc(OC)c1OC)CC3N(C)CC2. The molecule has 1 heterocycles. The van der Waals surface area contributed by atoms with Crippen molar-refractivity contribution in [1.82, 2.24) is 4.90 Å². The van der Waals surface area contributed by atoms with Crippen LogP contribution in [0.15, 0.2) is 30.3 Å². The predicted molar refractivity (Wildman–Crippen MR) is 145 cm³/mol. The van der Waals surface area contributed by atoms with Crippen LogP contribution in [0.4, 0.5) is 0 Å². The summed E-state index contributed by atoms with van der Waals surface area (Å²) < 4.78 is 41.1. The second-order valence-corrected chi connectivity index (χ2v) is 9.49. The fourth-order valence-electron chi connectivity index (χ4n) is 5.72. The highest BCUT2D eigenvalue weighted by molar-refractivity contribution is 5.89. The van der Waals surface area contributed by atoms with E-state index in [1.807, 2.05) is 18.2 Å². The lowest BCUT2D eigenvalue weighted by atomic mass is 9.76. The zero-order valence-corrected chi connectivity index (χ0v) is 23.1. The van der Waals surface area contributed by atoms with Crippen molar-refractivity contribution >= 4 is 0 Å². The van der Waals surface area contributed by atoms with E-state index in [1.54, 1.807) is 42.7 Å². The standard InChI is InChI=1S/C30H35NO7/c1-31-11-10-18-13-25(36-6)30(38-22-15-24(35-5)23(34-4)14-19(22)16-32-2)28-26(18)20(31)12-17-8-9-21(33-3)29(37-7)27(17)28/h8-9,13-15,20H,10-12,16H2,1-7H3. The number of hydrogen-bond acceptors (Lipinski definition) is 8. The van der Waals surface area contributed by atoms with Crippen molar-refractivity contribution in [2.45, 2.75) is 25.5 Å². The van der Waals surface area contributed by atoms with Crippen LogP contribution in [0, 0.1) is 0 Å². The molecule has 0 N–H and O–H groups in total. The minimum atomic E-state index is 0.205. The third-order valence-corrected chi connectivity index (χ3v) is 7.56. The van der Waals surface area contributed by atoms with Gasteiger partial charge >= 0.3 is 0 Å². The molecular formula is C30H35NO7. The molecule has 0 saturated carbocycles. The van der Waals surface area contributed by atoms with Crippen LogP contribution < -0.4 is 28.4 Å². The van der Waals surface area contributed by atoms with E-state index in [-0.39, 0.29) is 6.04 Å². The van der Waals surface area contributed by atoms with E-state index in [0.717, 1.165) is 36.1 Å². The summed E-state index contributed by atoms with van der Waals surface area (Å²) >= 11 is 0. The lowest BCUT2D eigenvalue weighted by molar-refractivity contribution is 0.181. The molecule has 5 rings (SSSR count). The van der Waals surface area contributed by atoms with Gasteiger partial charge in [-0.1, -0.05) is 6.07 Å². The van der Waals surface area contributed by atoms with Crippen LogP contribution in [0.25, 0.3) is 11.1 Å². The first-order valence-corrected chi connectivity index (χ1v) is 12.6. The van der Waals surface area contributed by atoms with Gasteiger partial charge < -0.3 is 33.2 Å². The first-order valence-electron chi connectivity index (χ1n) is 12.6. The van der Waals surface area contributed by atoms with Gasteiger partial charge in [0.05, 0.1) is 42.2 Å². The number of fused-ring (bicyclic) bond motifs is 2. The number of methoxy groups -OCH3 is 6. The van der Waals surface area contributed by atoms with E-state index in [1.165, 1.54) is 16.7 Å². The molecule has 2 aliphatic rings. The summed E-state index contributed by atoms with van der Waals surface area (Å²) in [4.78, 5) is 2.41. The number of nitrogens with zero attached hydrogens (tertiary/aromatic N) is 1. The molecule has 0 saturated heterocycles. The van der Waals surface area contributed by atoms with Gasteiger partial charge in [0.2, 0.25) is 0 Å².